The molecule has 0 bridgehead atoms. The highest BCUT2D eigenvalue weighted by Gasteiger charge is 2.32. The second kappa shape index (κ2) is 2.22. The summed E-state index contributed by atoms with van der Waals surface area (Å²) in [6.45, 7) is 2.72. The van der Waals surface area contributed by atoms with Crippen molar-refractivity contribution in [3.63, 3.8) is 0 Å². The number of pyridine rings is 1. The molecule has 0 radical (unpaired) electrons. The van der Waals surface area contributed by atoms with Gasteiger partial charge in [0.05, 0.1) is 17.7 Å². The molecule has 2 heteroatoms. The summed E-state index contributed by atoms with van der Waals surface area (Å²) >= 11 is 0. The van der Waals surface area contributed by atoms with Gasteiger partial charge in [-0.25, -0.2) is 4.98 Å². The summed E-state index contributed by atoms with van der Waals surface area (Å²) in [6, 6.07) is 8.17. The Morgan fingerprint density at radius 3 is 3.00 bits per heavy atom. The minimum atomic E-state index is 0.722. The van der Waals surface area contributed by atoms with Gasteiger partial charge in [0.2, 0.25) is 0 Å². The molecule has 0 spiro atoms. The Bertz CT molecular complexity index is 491. The van der Waals surface area contributed by atoms with E-state index in [1.54, 1.807) is 0 Å². The number of hydrogen-bond acceptors (Lipinski definition) is 2. The topological polar surface area (TPSA) is 22.1 Å². The van der Waals surface area contributed by atoms with Gasteiger partial charge in [-0.3, -0.25) is 0 Å². The third-order valence-corrected chi connectivity index (χ3v) is 2.31. The summed E-state index contributed by atoms with van der Waals surface area (Å²) in [4.78, 5) is 4.44. The van der Waals surface area contributed by atoms with Crippen LogP contribution in [0.4, 0.5) is 0 Å². The van der Waals surface area contributed by atoms with E-state index in [4.69, 9.17) is 4.74 Å². The molecule has 64 valence electrons. The van der Waals surface area contributed by atoms with E-state index in [0.717, 1.165) is 23.6 Å². The molecule has 0 amide bonds. The zero-order valence-corrected chi connectivity index (χ0v) is 7.37. The van der Waals surface area contributed by atoms with Crippen LogP contribution in [-0.2, 0) is 0 Å². The van der Waals surface area contributed by atoms with Gasteiger partial charge in [-0.05, 0) is 13.0 Å². The lowest BCUT2D eigenvalue weighted by molar-refractivity contribution is 0.352. The molecule has 3 rings (SSSR count). The van der Waals surface area contributed by atoms with Crippen molar-refractivity contribution in [1.82, 2.24) is 4.98 Å². The predicted molar refractivity (Wildman–Crippen MR) is 51.9 cm³/mol. The molecule has 0 unspecified atom stereocenters. The highest BCUT2D eigenvalue weighted by Crippen LogP contribution is 2.54. The standard InChI is InChI=1S/C11H9NO/c1-2-13-11-9-7-5-3-4-6-8(7)12-10(9)11/h3-6H,2H2,1H3. The molecule has 0 N–H and O–H groups in total. The van der Waals surface area contributed by atoms with Gasteiger partial charge < -0.3 is 4.74 Å². The Labute approximate surface area is 76.2 Å². The van der Waals surface area contributed by atoms with Crippen molar-refractivity contribution in [1.29, 1.82) is 0 Å². The Morgan fingerprint density at radius 1 is 1.31 bits per heavy atom. The lowest BCUT2D eigenvalue weighted by Gasteiger charge is -1.91. The zero-order valence-electron chi connectivity index (χ0n) is 7.37. The van der Waals surface area contributed by atoms with Gasteiger partial charge in [0.1, 0.15) is 5.69 Å². The first kappa shape index (κ1) is 6.89. The Balaban J connectivity index is 2.19. The fourth-order valence-electron chi connectivity index (χ4n) is 1.71. The number of nitrogens with zero attached hydrogens (tertiary/aromatic N) is 1. The number of fused-ring (bicyclic) bond motifs is 3. The number of ether oxygens (including phenoxy) is 1. The van der Waals surface area contributed by atoms with Crippen LogP contribution in [0.2, 0.25) is 0 Å². The fraction of sp³-hybridized carbons (Fsp3) is 0.182. The molecule has 2 aliphatic rings. The maximum atomic E-state index is 5.43. The predicted octanol–water partition coefficient (Wildman–Crippen LogP) is 2.61. The van der Waals surface area contributed by atoms with Crippen LogP contribution in [0.3, 0.4) is 0 Å². The average Bonchev–Trinajstić information content (AvgIpc) is 2.70. The third kappa shape index (κ3) is 0.800. The summed E-state index contributed by atoms with van der Waals surface area (Å²) in [6.07, 6.45) is 0. The van der Waals surface area contributed by atoms with E-state index in [0.29, 0.717) is 0 Å². The van der Waals surface area contributed by atoms with Crippen LogP contribution in [0, 0.1) is 0 Å². The Kier molecular flexibility index (Phi) is 1.18. The Morgan fingerprint density at radius 2 is 2.15 bits per heavy atom. The van der Waals surface area contributed by atoms with Crippen molar-refractivity contribution in [2.24, 2.45) is 0 Å². The van der Waals surface area contributed by atoms with Crippen LogP contribution < -0.4 is 4.74 Å². The molecule has 0 fully saturated rings. The van der Waals surface area contributed by atoms with Crippen LogP contribution in [0.25, 0.3) is 22.2 Å². The van der Waals surface area contributed by atoms with Gasteiger partial charge in [-0.1, -0.05) is 18.2 Å². The minimum absolute atomic E-state index is 0.722. The smallest absolute Gasteiger partial charge is 0.155 e. The van der Waals surface area contributed by atoms with Crippen LogP contribution >= 0.6 is 0 Å². The second-order valence-corrected chi connectivity index (χ2v) is 3.11. The van der Waals surface area contributed by atoms with Gasteiger partial charge in [-0.2, -0.15) is 0 Å². The number of para-hydroxylation sites is 1. The first-order chi connectivity index (χ1) is 6.42. The summed E-state index contributed by atoms with van der Waals surface area (Å²) < 4.78 is 5.43. The monoisotopic (exact) mass is 171 g/mol. The lowest BCUT2D eigenvalue weighted by Crippen LogP contribution is -1.85. The van der Waals surface area contributed by atoms with E-state index in [-0.39, 0.29) is 0 Å². The SMILES string of the molecule is CCOc1c2nc3ccccc3c1-2. The first-order valence-corrected chi connectivity index (χ1v) is 4.47. The highest BCUT2D eigenvalue weighted by molar-refractivity contribution is 6.11. The van der Waals surface area contributed by atoms with Crippen LogP contribution in [0.5, 0.6) is 5.75 Å². The maximum Gasteiger partial charge on any atom is 0.155 e. The quantitative estimate of drug-likeness (QED) is 0.591. The molecule has 13 heavy (non-hydrogen) atoms. The van der Waals surface area contributed by atoms with Crippen molar-refractivity contribution >= 4 is 10.9 Å². The van der Waals surface area contributed by atoms with Gasteiger partial charge >= 0.3 is 0 Å². The summed E-state index contributed by atoms with van der Waals surface area (Å²) in [7, 11) is 0. The van der Waals surface area contributed by atoms with E-state index in [1.165, 1.54) is 10.9 Å². The third-order valence-electron chi connectivity index (χ3n) is 2.31. The van der Waals surface area contributed by atoms with Crippen LogP contribution in [-0.4, -0.2) is 11.6 Å². The normalized spacial score (nSPS) is 11.8. The number of benzene rings is 1. The molecule has 1 aromatic rings. The summed E-state index contributed by atoms with van der Waals surface area (Å²) in [5, 5.41) is 1.22. The van der Waals surface area contributed by atoms with Crippen molar-refractivity contribution in [2.75, 3.05) is 6.61 Å². The van der Waals surface area contributed by atoms with E-state index in [9.17, 15) is 0 Å². The van der Waals surface area contributed by atoms with E-state index >= 15 is 0 Å². The average molecular weight is 171 g/mol. The van der Waals surface area contributed by atoms with Gasteiger partial charge in [0.15, 0.2) is 5.75 Å². The number of rotatable bonds is 2. The summed E-state index contributed by atoms with van der Waals surface area (Å²) in [5.74, 6) is 1.00. The maximum absolute atomic E-state index is 5.43. The molecular weight excluding hydrogens is 162 g/mol. The van der Waals surface area contributed by atoms with Crippen molar-refractivity contribution in [3.8, 4) is 17.0 Å². The number of aromatic nitrogens is 1. The molecule has 1 aliphatic heterocycles. The molecule has 1 aromatic carbocycles. The molecule has 0 saturated carbocycles. The van der Waals surface area contributed by atoms with Crippen LogP contribution in [0.1, 0.15) is 6.92 Å². The van der Waals surface area contributed by atoms with Crippen molar-refractivity contribution in [2.45, 2.75) is 6.92 Å². The van der Waals surface area contributed by atoms with Gasteiger partial charge in [-0.15, -0.1) is 0 Å². The van der Waals surface area contributed by atoms with Gasteiger partial charge in [0, 0.05) is 5.39 Å². The molecule has 1 heterocycles. The number of hydrogen-bond donors (Lipinski definition) is 0. The van der Waals surface area contributed by atoms with E-state index < -0.39 is 0 Å². The van der Waals surface area contributed by atoms with E-state index in [1.807, 2.05) is 25.1 Å². The molecule has 0 aromatic heterocycles. The van der Waals surface area contributed by atoms with Crippen molar-refractivity contribution < 1.29 is 4.74 Å². The molecular formula is C11H9NO. The van der Waals surface area contributed by atoms with Gasteiger partial charge in [0.25, 0.3) is 0 Å². The second-order valence-electron chi connectivity index (χ2n) is 3.11. The fourth-order valence-corrected chi connectivity index (χ4v) is 1.71. The molecule has 0 saturated heterocycles. The molecule has 2 nitrogen and oxygen atoms in total. The lowest BCUT2D eigenvalue weighted by atomic mass is 10.2. The minimum Gasteiger partial charge on any atom is -0.491 e. The first-order valence-electron chi connectivity index (χ1n) is 4.47. The highest BCUT2D eigenvalue weighted by atomic mass is 16.5. The molecule has 0 atom stereocenters. The summed E-state index contributed by atoms with van der Waals surface area (Å²) in [5.41, 5.74) is 3.36. The van der Waals surface area contributed by atoms with Crippen molar-refractivity contribution in [3.05, 3.63) is 24.3 Å². The van der Waals surface area contributed by atoms with Crippen LogP contribution in [0.15, 0.2) is 24.3 Å². The Hall–Kier alpha value is -1.57. The zero-order chi connectivity index (χ0) is 8.84. The molecule has 1 aliphatic carbocycles. The van der Waals surface area contributed by atoms with E-state index in [2.05, 4.69) is 11.1 Å². The largest absolute Gasteiger partial charge is 0.491 e.